The van der Waals surface area contributed by atoms with Gasteiger partial charge in [-0.15, -0.1) is 0 Å². The van der Waals surface area contributed by atoms with E-state index >= 15 is 0 Å². The lowest BCUT2D eigenvalue weighted by Crippen LogP contribution is -2.47. The van der Waals surface area contributed by atoms with Crippen molar-refractivity contribution < 1.29 is 0 Å². The van der Waals surface area contributed by atoms with Gasteiger partial charge in [0, 0.05) is 5.54 Å². The maximum Gasteiger partial charge on any atom is 0.0154 e. The molecule has 2 N–H and O–H groups in total. The van der Waals surface area contributed by atoms with E-state index in [1.165, 1.54) is 32.1 Å². The predicted octanol–water partition coefficient (Wildman–Crippen LogP) is 4.36. The Morgan fingerprint density at radius 2 is 1.73 bits per heavy atom. The molecular formula is C14H31N. The average Bonchev–Trinajstić information content (AvgIpc) is 2.10. The summed E-state index contributed by atoms with van der Waals surface area (Å²) in [5, 5.41) is 0. The van der Waals surface area contributed by atoms with Gasteiger partial charge in [0.05, 0.1) is 0 Å². The molecule has 92 valence electrons. The van der Waals surface area contributed by atoms with E-state index in [1.807, 2.05) is 13.8 Å². The second-order valence-electron chi connectivity index (χ2n) is 6.21. The Morgan fingerprint density at radius 1 is 1.20 bits per heavy atom. The van der Waals surface area contributed by atoms with Crippen molar-refractivity contribution >= 4 is 0 Å². The fourth-order valence-electron chi connectivity index (χ4n) is 2.50. The molecule has 0 bridgehead atoms. The summed E-state index contributed by atoms with van der Waals surface area (Å²) in [6.07, 6.45) is 6.54. The molecule has 1 nitrogen and oxygen atoms in total. The van der Waals surface area contributed by atoms with Crippen LogP contribution in [0.2, 0.25) is 0 Å². The first-order chi connectivity index (χ1) is 6.81. The highest BCUT2D eigenvalue weighted by atomic mass is 14.7. The van der Waals surface area contributed by atoms with Crippen LogP contribution in [0.15, 0.2) is 0 Å². The number of hydrogen-bond donors (Lipinski definition) is 1. The van der Waals surface area contributed by atoms with Crippen molar-refractivity contribution in [1.82, 2.24) is 0 Å². The van der Waals surface area contributed by atoms with Crippen LogP contribution < -0.4 is 5.73 Å². The summed E-state index contributed by atoms with van der Waals surface area (Å²) in [5.41, 5.74) is 6.87. The zero-order chi connectivity index (χ0) is 12.1. The van der Waals surface area contributed by atoms with Crippen LogP contribution in [0, 0.1) is 11.3 Å². The molecule has 0 unspecified atom stereocenters. The van der Waals surface area contributed by atoms with Crippen molar-refractivity contribution in [2.24, 2.45) is 17.1 Å². The summed E-state index contributed by atoms with van der Waals surface area (Å²) in [5.74, 6) is 0.737. The molecule has 1 aliphatic rings. The zero-order valence-corrected chi connectivity index (χ0v) is 11.7. The van der Waals surface area contributed by atoms with Gasteiger partial charge in [-0.3, -0.25) is 0 Å². The van der Waals surface area contributed by atoms with Crippen molar-refractivity contribution in [3.8, 4) is 0 Å². The Labute approximate surface area is 96.8 Å². The largest absolute Gasteiger partial charge is 0.325 e. The van der Waals surface area contributed by atoms with Crippen LogP contribution in [0.3, 0.4) is 0 Å². The number of rotatable bonds is 1. The molecule has 0 aromatic rings. The van der Waals surface area contributed by atoms with Crippen molar-refractivity contribution in [3.63, 3.8) is 0 Å². The second kappa shape index (κ2) is 5.89. The maximum absolute atomic E-state index is 6.33. The summed E-state index contributed by atoms with van der Waals surface area (Å²) in [6.45, 7) is 13.2. The highest BCUT2D eigenvalue weighted by Gasteiger charge is 2.34. The highest BCUT2D eigenvalue weighted by Crippen LogP contribution is 2.38. The minimum Gasteiger partial charge on any atom is -0.325 e. The summed E-state index contributed by atoms with van der Waals surface area (Å²) >= 11 is 0. The summed E-state index contributed by atoms with van der Waals surface area (Å²) < 4.78 is 0. The minimum absolute atomic E-state index is 0.103. The van der Waals surface area contributed by atoms with Crippen LogP contribution in [0.25, 0.3) is 0 Å². The summed E-state index contributed by atoms with van der Waals surface area (Å²) in [4.78, 5) is 0. The van der Waals surface area contributed by atoms with Crippen molar-refractivity contribution in [2.75, 3.05) is 0 Å². The summed E-state index contributed by atoms with van der Waals surface area (Å²) in [7, 11) is 0. The van der Waals surface area contributed by atoms with Gasteiger partial charge in [0.2, 0.25) is 0 Å². The molecule has 0 saturated heterocycles. The SMILES string of the molecule is CC.CC(C)(C)C[C@@H]1CCCC[C@]1(C)N. The van der Waals surface area contributed by atoms with E-state index in [2.05, 4.69) is 27.7 Å². The van der Waals surface area contributed by atoms with E-state index in [-0.39, 0.29) is 5.54 Å². The van der Waals surface area contributed by atoms with Crippen molar-refractivity contribution in [3.05, 3.63) is 0 Å². The molecule has 1 aliphatic carbocycles. The third-order valence-corrected chi connectivity index (χ3v) is 3.31. The van der Waals surface area contributed by atoms with E-state index in [1.54, 1.807) is 0 Å². The van der Waals surface area contributed by atoms with Gasteiger partial charge in [-0.2, -0.15) is 0 Å². The van der Waals surface area contributed by atoms with Crippen LogP contribution in [0.4, 0.5) is 0 Å². The molecule has 0 amide bonds. The molecule has 1 rings (SSSR count). The highest BCUT2D eigenvalue weighted by molar-refractivity contribution is 4.92. The quantitative estimate of drug-likeness (QED) is 0.688. The van der Waals surface area contributed by atoms with Crippen LogP contribution in [-0.4, -0.2) is 5.54 Å². The smallest absolute Gasteiger partial charge is 0.0154 e. The molecule has 2 atom stereocenters. The van der Waals surface area contributed by atoms with Crippen LogP contribution in [0.1, 0.15) is 73.6 Å². The van der Waals surface area contributed by atoms with Gasteiger partial charge >= 0.3 is 0 Å². The molecule has 0 aliphatic heterocycles. The Balaban J connectivity index is 0.000000921. The van der Waals surface area contributed by atoms with E-state index in [4.69, 9.17) is 5.73 Å². The molecule has 1 fully saturated rings. The van der Waals surface area contributed by atoms with E-state index in [0.717, 1.165) is 5.92 Å². The average molecular weight is 213 g/mol. The topological polar surface area (TPSA) is 26.0 Å². The Hall–Kier alpha value is -0.0400. The van der Waals surface area contributed by atoms with Gasteiger partial charge in [0.25, 0.3) is 0 Å². The third-order valence-electron chi connectivity index (χ3n) is 3.31. The maximum atomic E-state index is 6.33. The molecule has 0 aromatic heterocycles. The van der Waals surface area contributed by atoms with Crippen LogP contribution >= 0.6 is 0 Å². The van der Waals surface area contributed by atoms with Gasteiger partial charge in [-0.1, -0.05) is 47.5 Å². The zero-order valence-electron chi connectivity index (χ0n) is 11.7. The third kappa shape index (κ3) is 5.55. The first kappa shape index (κ1) is 15.0. The molecule has 0 spiro atoms. The standard InChI is InChI=1S/C12H25N.C2H6/c1-11(2,3)9-10-7-5-6-8-12(10,4)13;1-2/h10H,5-9,13H2,1-4H3;1-2H3/t10-,12-;/m0./s1. The number of nitrogens with two attached hydrogens (primary N) is 1. The number of hydrogen-bond acceptors (Lipinski definition) is 1. The monoisotopic (exact) mass is 213 g/mol. The van der Waals surface area contributed by atoms with Gasteiger partial charge in [0.1, 0.15) is 0 Å². The lowest BCUT2D eigenvalue weighted by molar-refractivity contribution is 0.149. The second-order valence-corrected chi connectivity index (χ2v) is 6.21. The Kier molecular flexibility index (Phi) is 5.87. The minimum atomic E-state index is 0.103. The predicted molar refractivity (Wildman–Crippen MR) is 70.0 cm³/mol. The Morgan fingerprint density at radius 3 is 2.13 bits per heavy atom. The van der Waals surface area contributed by atoms with Crippen LogP contribution in [-0.2, 0) is 0 Å². The van der Waals surface area contributed by atoms with E-state index < -0.39 is 0 Å². The summed E-state index contributed by atoms with van der Waals surface area (Å²) in [6, 6.07) is 0. The van der Waals surface area contributed by atoms with Gasteiger partial charge in [-0.25, -0.2) is 0 Å². The van der Waals surface area contributed by atoms with Gasteiger partial charge in [-0.05, 0) is 37.5 Å². The fraction of sp³-hybridized carbons (Fsp3) is 1.00. The first-order valence-corrected chi connectivity index (χ1v) is 6.60. The fourth-order valence-corrected chi connectivity index (χ4v) is 2.50. The molecule has 0 aromatic carbocycles. The molecular weight excluding hydrogens is 182 g/mol. The van der Waals surface area contributed by atoms with Crippen LogP contribution in [0.5, 0.6) is 0 Å². The van der Waals surface area contributed by atoms with Crippen molar-refractivity contribution in [1.29, 1.82) is 0 Å². The molecule has 0 heterocycles. The molecule has 1 heteroatoms. The Bertz CT molecular complexity index is 165. The van der Waals surface area contributed by atoms with E-state index in [0.29, 0.717) is 5.41 Å². The normalized spacial score (nSPS) is 31.8. The van der Waals surface area contributed by atoms with Gasteiger partial charge in [0.15, 0.2) is 0 Å². The molecule has 0 radical (unpaired) electrons. The van der Waals surface area contributed by atoms with Crippen molar-refractivity contribution in [2.45, 2.75) is 79.2 Å². The van der Waals surface area contributed by atoms with E-state index in [9.17, 15) is 0 Å². The first-order valence-electron chi connectivity index (χ1n) is 6.60. The lowest BCUT2D eigenvalue weighted by atomic mass is 9.68. The molecule has 1 saturated carbocycles. The van der Waals surface area contributed by atoms with Gasteiger partial charge < -0.3 is 5.73 Å². The lowest BCUT2D eigenvalue weighted by Gasteiger charge is -2.41. The molecule has 15 heavy (non-hydrogen) atoms.